The molecule has 6 nitrogen and oxygen atoms in total. The van der Waals surface area contributed by atoms with Crippen molar-refractivity contribution in [3.63, 3.8) is 0 Å². The van der Waals surface area contributed by atoms with E-state index in [0.29, 0.717) is 11.0 Å². The highest BCUT2D eigenvalue weighted by Gasteiger charge is 2.30. The second-order valence-corrected chi connectivity index (χ2v) is 5.61. The molecular formula is C13H19N5OS. The molecule has 0 radical (unpaired) electrons. The smallest absolute Gasteiger partial charge is 0.161 e. The number of anilines is 1. The minimum Gasteiger partial charge on any atom is -0.389 e. The van der Waals surface area contributed by atoms with Crippen molar-refractivity contribution in [1.29, 1.82) is 0 Å². The van der Waals surface area contributed by atoms with Crippen molar-refractivity contribution in [1.82, 2.24) is 15.1 Å². The highest BCUT2D eigenvalue weighted by Crippen LogP contribution is 2.24. The van der Waals surface area contributed by atoms with Gasteiger partial charge in [-0.25, -0.2) is 0 Å². The number of nitrogens with two attached hydrogens (primary N) is 1. The van der Waals surface area contributed by atoms with Crippen LogP contribution in [0.4, 0.5) is 5.82 Å². The van der Waals surface area contributed by atoms with Crippen molar-refractivity contribution in [3.8, 4) is 0 Å². The van der Waals surface area contributed by atoms with Gasteiger partial charge in [0, 0.05) is 32.2 Å². The topological polar surface area (TPSA) is 67.5 Å². The lowest BCUT2D eigenvalue weighted by Crippen LogP contribution is -2.44. The Hall–Kier alpha value is -1.31. The highest BCUT2D eigenvalue weighted by atomic mass is 32.1. The van der Waals surface area contributed by atoms with Crippen molar-refractivity contribution < 1.29 is 4.74 Å². The summed E-state index contributed by atoms with van der Waals surface area (Å²) in [6, 6.07) is 2.40. The molecule has 3 heterocycles. The van der Waals surface area contributed by atoms with Gasteiger partial charge in [-0.2, -0.15) is 5.10 Å². The molecule has 1 atom stereocenters. The Labute approximate surface area is 123 Å². The first kappa shape index (κ1) is 13.7. The second-order valence-electron chi connectivity index (χ2n) is 5.17. The summed E-state index contributed by atoms with van der Waals surface area (Å²) in [6.45, 7) is 5.62. The number of aromatic nitrogens is 2. The largest absolute Gasteiger partial charge is 0.389 e. The zero-order chi connectivity index (χ0) is 13.9. The van der Waals surface area contributed by atoms with E-state index in [0.717, 1.165) is 57.2 Å². The second kappa shape index (κ2) is 5.99. The van der Waals surface area contributed by atoms with Crippen LogP contribution in [0.5, 0.6) is 0 Å². The number of morpholine rings is 1. The molecule has 0 bridgehead atoms. The van der Waals surface area contributed by atoms with Gasteiger partial charge in [-0.3, -0.25) is 4.90 Å². The standard InChI is InChI=1S/C13H19N5OS/c14-12(20)11-1-3-15-16-13(11)18-4-2-10(9-18)17-5-7-19-8-6-17/h1,3,10H,2,4-9H2,(H2,14,20). The van der Waals surface area contributed by atoms with Crippen molar-refractivity contribution in [2.24, 2.45) is 5.73 Å². The van der Waals surface area contributed by atoms with Crippen molar-refractivity contribution in [3.05, 3.63) is 17.8 Å². The van der Waals surface area contributed by atoms with Crippen molar-refractivity contribution in [2.75, 3.05) is 44.3 Å². The minimum atomic E-state index is 0.379. The molecule has 7 heteroatoms. The van der Waals surface area contributed by atoms with E-state index >= 15 is 0 Å². The maximum atomic E-state index is 5.77. The average Bonchev–Trinajstić information content (AvgIpc) is 2.98. The quantitative estimate of drug-likeness (QED) is 0.788. The number of hydrogen-bond acceptors (Lipinski definition) is 6. The van der Waals surface area contributed by atoms with E-state index in [-0.39, 0.29) is 0 Å². The highest BCUT2D eigenvalue weighted by molar-refractivity contribution is 7.80. The molecule has 20 heavy (non-hydrogen) atoms. The fourth-order valence-electron chi connectivity index (χ4n) is 2.93. The Balaban J connectivity index is 1.72. The van der Waals surface area contributed by atoms with Gasteiger partial charge in [0.25, 0.3) is 0 Å². The molecule has 0 aliphatic carbocycles. The third-order valence-electron chi connectivity index (χ3n) is 3.99. The number of rotatable bonds is 3. The first-order valence-electron chi connectivity index (χ1n) is 6.94. The first-order chi connectivity index (χ1) is 9.75. The van der Waals surface area contributed by atoms with Gasteiger partial charge < -0.3 is 15.4 Å². The molecule has 1 unspecified atom stereocenters. The Morgan fingerprint density at radius 3 is 2.90 bits per heavy atom. The molecule has 0 spiro atoms. The van der Waals surface area contributed by atoms with E-state index in [4.69, 9.17) is 22.7 Å². The molecule has 0 saturated carbocycles. The lowest BCUT2D eigenvalue weighted by Gasteiger charge is -2.32. The van der Waals surface area contributed by atoms with Crippen LogP contribution < -0.4 is 10.6 Å². The van der Waals surface area contributed by atoms with E-state index in [2.05, 4.69) is 20.0 Å². The van der Waals surface area contributed by atoms with Gasteiger partial charge in [0.1, 0.15) is 4.99 Å². The molecule has 108 valence electrons. The van der Waals surface area contributed by atoms with E-state index in [1.165, 1.54) is 0 Å². The first-order valence-corrected chi connectivity index (χ1v) is 7.35. The van der Waals surface area contributed by atoms with Gasteiger partial charge in [-0.15, -0.1) is 5.10 Å². The summed E-state index contributed by atoms with van der Waals surface area (Å²) < 4.78 is 5.41. The summed E-state index contributed by atoms with van der Waals surface area (Å²) in [5.74, 6) is 0.816. The van der Waals surface area contributed by atoms with E-state index in [9.17, 15) is 0 Å². The predicted octanol–water partition coefficient (Wildman–Crippen LogP) is 0.0217. The normalized spacial score (nSPS) is 24.0. The van der Waals surface area contributed by atoms with Crippen LogP contribution in [0.1, 0.15) is 12.0 Å². The molecule has 1 aromatic rings. The van der Waals surface area contributed by atoms with Crippen LogP contribution in [-0.4, -0.2) is 65.5 Å². The number of hydrogen-bond donors (Lipinski definition) is 1. The molecular weight excluding hydrogens is 274 g/mol. The molecule has 2 aliphatic rings. The predicted molar refractivity (Wildman–Crippen MR) is 80.9 cm³/mol. The number of nitrogens with zero attached hydrogens (tertiary/aromatic N) is 4. The Morgan fingerprint density at radius 1 is 1.35 bits per heavy atom. The Bertz CT molecular complexity index is 491. The van der Waals surface area contributed by atoms with Crippen molar-refractivity contribution in [2.45, 2.75) is 12.5 Å². The number of thiocarbonyl (C=S) groups is 1. The van der Waals surface area contributed by atoms with Crippen LogP contribution in [-0.2, 0) is 4.74 Å². The van der Waals surface area contributed by atoms with Gasteiger partial charge in [0.15, 0.2) is 5.82 Å². The van der Waals surface area contributed by atoms with Gasteiger partial charge in [0.05, 0.1) is 25.0 Å². The van der Waals surface area contributed by atoms with E-state index in [1.54, 1.807) is 6.20 Å². The fourth-order valence-corrected chi connectivity index (χ4v) is 3.08. The Kier molecular flexibility index (Phi) is 4.09. The van der Waals surface area contributed by atoms with E-state index < -0.39 is 0 Å². The van der Waals surface area contributed by atoms with Crippen LogP contribution >= 0.6 is 12.2 Å². The summed E-state index contributed by atoms with van der Waals surface area (Å²) in [7, 11) is 0. The van der Waals surface area contributed by atoms with Gasteiger partial charge in [-0.1, -0.05) is 12.2 Å². The van der Waals surface area contributed by atoms with Crippen LogP contribution in [0.25, 0.3) is 0 Å². The minimum absolute atomic E-state index is 0.379. The van der Waals surface area contributed by atoms with Gasteiger partial charge >= 0.3 is 0 Å². The molecule has 2 N–H and O–H groups in total. The molecule has 2 aliphatic heterocycles. The third-order valence-corrected chi connectivity index (χ3v) is 4.21. The van der Waals surface area contributed by atoms with Gasteiger partial charge in [0.2, 0.25) is 0 Å². The summed E-state index contributed by atoms with van der Waals surface area (Å²) in [5, 5.41) is 8.20. The molecule has 3 rings (SSSR count). The zero-order valence-corrected chi connectivity index (χ0v) is 12.2. The van der Waals surface area contributed by atoms with Crippen LogP contribution in [0, 0.1) is 0 Å². The molecule has 1 aromatic heterocycles. The average molecular weight is 293 g/mol. The molecule has 0 aromatic carbocycles. The maximum absolute atomic E-state index is 5.77. The summed E-state index contributed by atoms with van der Waals surface area (Å²) in [4.78, 5) is 5.12. The molecule has 2 saturated heterocycles. The SMILES string of the molecule is NC(=S)c1ccnnc1N1CCC(N2CCOCC2)C1. The molecule has 0 amide bonds. The van der Waals surface area contributed by atoms with Gasteiger partial charge in [-0.05, 0) is 12.5 Å². The third kappa shape index (κ3) is 2.74. The maximum Gasteiger partial charge on any atom is 0.161 e. The van der Waals surface area contributed by atoms with Crippen LogP contribution in [0.2, 0.25) is 0 Å². The summed E-state index contributed by atoms with van der Waals surface area (Å²) in [6.07, 6.45) is 2.76. The van der Waals surface area contributed by atoms with Crippen molar-refractivity contribution >= 4 is 23.0 Å². The van der Waals surface area contributed by atoms with Crippen LogP contribution in [0.3, 0.4) is 0 Å². The lowest BCUT2D eigenvalue weighted by atomic mass is 10.2. The summed E-state index contributed by atoms with van der Waals surface area (Å²) in [5.41, 5.74) is 6.59. The van der Waals surface area contributed by atoms with Crippen LogP contribution in [0.15, 0.2) is 12.3 Å². The Morgan fingerprint density at radius 2 is 2.15 bits per heavy atom. The lowest BCUT2D eigenvalue weighted by molar-refractivity contribution is 0.0209. The fraction of sp³-hybridized carbons (Fsp3) is 0.615. The number of ether oxygens (including phenoxy) is 1. The monoisotopic (exact) mass is 293 g/mol. The molecule has 2 fully saturated rings. The zero-order valence-electron chi connectivity index (χ0n) is 11.4. The van der Waals surface area contributed by atoms with E-state index in [1.807, 2.05) is 6.07 Å². The summed E-state index contributed by atoms with van der Waals surface area (Å²) >= 11 is 5.10.